The van der Waals surface area contributed by atoms with E-state index in [0.29, 0.717) is 30.9 Å². The zero-order valence-electron chi connectivity index (χ0n) is 9.94. The number of unbranched alkanes of at least 4 members (excludes halogenated alkanes) is 1. The minimum absolute atomic E-state index is 0.0640. The third kappa shape index (κ3) is 4.48. The maximum absolute atomic E-state index is 11.1. The van der Waals surface area contributed by atoms with Gasteiger partial charge in [0.25, 0.3) is 0 Å². The third-order valence-electron chi connectivity index (χ3n) is 3.07. The Morgan fingerprint density at radius 1 is 1.44 bits per heavy atom. The Hall–Kier alpha value is -0.188. The van der Waals surface area contributed by atoms with Gasteiger partial charge in [-0.1, -0.05) is 6.42 Å². The first kappa shape index (κ1) is 15.9. The van der Waals surface area contributed by atoms with Crippen molar-refractivity contribution in [1.29, 1.82) is 3.15 Å². The number of carbonyl (C=O) groups is 2. The van der Waals surface area contributed by atoms with Gasteiger partial charge in [-0.15, -0.1) is 0 Å². The van der Waals surface area contributed by atoms with Gasteiger partial charge in [-0.3, -0.25) is 4.79 Å². The van der Waals surface area contributed by atoms with Gasteiger partial charge in [-0.2, -0.15) is 11.8 Å². The molecular weight excluding hydrogens is 449 g/mol. The Kier molecular flexibility index (Phi) is 7.12. The molecule has 0 aromatic rings. The molecular formula is C10H17N3O3PbS. The average Bonchev–Trinajstić information content (AvgIpc) is 2.87. The van der Waals surface area contributed by atoms with E-state index in [1.165, 1.54) is 0 Å². The Labute approximate surface area is 126 Å². The SMILES string of the molecule is O=C(O)CCCC[C@@H]1SC[C@@H]2NC(=O)N[C@@H]21.[NH]=[Pb]. The Balaban J connectivity index is 0.000000771. The molecule has 2 rings (SSSR count). The first-order valence-corrected chi connectivity index (χ1v) is 8.81. The number of aliphatic carboxylic acids is 1. The van der Waals surface area contributed by atoms with Crippen LogP contribution in [0.4, 0.5) is 4.79 Å². The fourth-order valence-corrected chi connectivity index (χ4v) is 3.81. The molecule has 2 saturated heterocycles. The van der Waals surface area contributed by atoms with Crippen molar-refractivity contribution in [2.45, 2.75) is 43.0 Å². The van der Waals surface area contributed by atoms with Crippen LogP contribution in [0.3, 0.4) is 0 Å². The second kappa shape index (κ2) is 8.08. The normalized spacial score (nSPS) is 28.7. The van der Waals surface area contributed by atoms with Crippen LogP contribution in [-0.4, -0.2) is 65.8 Å². The van der Waals surface area contributed by atoms with Gasteiger partial charge in [-0.05, 0) is 12.8 Å². The maximum atomic E-state index is 11.1. The molecule has 0 bridgehead atoms. The number of fused-ring (bicyclic) bond motifs is 1. The van der Waals surface area contributed by atoms with E-state index in [2.05, 4.69) is 10.6 Å². The van der Waals surface area contributed by atoms with Crippen molar-refractivity contribution in [3.63, 3.8) is 0 Å². The number of carbonyl (C=O) groups excluding carboxylic acids is 1. The summed E-state index contributed by atoms with van der Waals surface area (Å²) in [5.74, 6) is 0.236. The molecule has 0 unspecified atom stereocenters. The quantitative estimate of drug-likeness (QED) is 0.272. The van der Waals surface area contributed by atoms with Crippen molar-refractivity contribution < 1.29 is 14.7 Å². The molecule has 2 radical (unpaired) electrons. The van der Waals surface area contributed by atoms with Gasteiger partial charge in [0, 0.05) is 17.4 Å². The monoisotopic (exact) mass is 467 g/mol. The molecule has 4 N–H and O–H groups in total. The van der Waals surface area contributed by atoms with Gasteiger partial charge in [0.05, 0.1) is 12.1 Å². The number of hydrogen-bond donors (Lipinski definition) is 4. The number of urea groups is 1. The van der Waals surface area contributed by atoms with Gasteiger partial charge < -0.3 is 15.7 Å². The first-order chi connectivity index (χ1) is 8.66. The number of thioether (sulfide) groups is 1. The van der Waals surface area contributed by atoms with Crippen molar-refractivity contribution in [3.8, 4) is 0 Å². The molecule has 0 aliphatic carbocycles. The Bertz CT molecular complexity index is 319. The van der Waals surface area contributed by atoms with Gasteiger partial charge in [0.1, 0.15) is 0 Å². The number of rotatable bonds is 5. The summed E-state index contributed by atoms with van der Waals surface area (Å²) in [6.45, 7) is 0. The van der Waals surface area contributed by atoms with Crippen LogP contribution in [0.5, 0.6) is 0 Å². The molecule has 6 nitrogen and oxygen atoms in total. The number of carboxylic acids is 1. The van der Waals surface area contributed by atoms with Crippen LogP contribution in [0.2, 0.25) is 0 Å². The summed E-state index contributed by atoms with van der Waals surface area (Å²) in [6, 6.07) is 0.440. The zero-order chi connectivity index (χ0) is 13.5. The summed E-state index contributed by atoms with van der Waals surface area (Å²) < 4.78 is 5.89. The van der Waals surface area contributed by atoms with Crippen LogP contribution in [0.25, 0.3) is 0 Å². The number of nitrogens with one attached hydrogen (secondary N) is 3. The standard InChI is InChI=1S/C10H16N2O3S.HN.Pb/c13-8(14)4-2-1-3-7-9-6(5-16-7)11-10(15)12-9;;/h6-7,9H,1-5H2,(H,13,14)(H2,11,12,15);1H;/t6-,7-,9-;;/m0../s1. The predicted molar refractivity (Wildman–Crippen MR) is 70.1 cm³/mol. The molecule has 8 heteroatoms. The van der Waals surface area contributed by atoms with Crippen LogP contribution in [0.15, 0.2) is 0 Å². The molecule has 2 heterocycles. The van der Waals surface area contributed by atoms with Crippen LogP contribution in [0.1, 0.15) is 25.7 Å². The molecule has 0 saturated carbocycles. The zero-order valence-corrected chi connectivity index (χ0v) is 14.6. The molecule has 2 amide bonds. The number of amides is 2. The second-order valence-corrected chi connectivity index (χ2v) is 5.53. The van der Waals surface area contributed by atoms with E-state index >= 15 is 0 Å². The molecule has 0 aromatic carbocycles. The summed E-state index contributed by atoms with van der Waals surface area (Å²) in [4.78, 5) is 21.5. The summed E-state index contributed by atoms with van der Waals surface area (Å²) in [6.07, 6.45) is 2.88. The Morgan fingerprint density at radius 3 is 2.83 bits per heavy atom. The average molecular weight is 467 g/mol. The number of carboxylic acid groups (broad SMARTS) is 1. The third-order valence-corrected chi connectivity index (χ3v) is 4.58. The predicted octanol–water partition coefficient (Wildman–Crippen LogP) is 0.714. The molecule has 2 aliphatic rings. The topological polar surface area (TPSA) is 102 Å². The summed E-state index contributed by atoms with van der Waals surface area (Å²) in [5, 5.41) is 14.8. The molecule has 0 spiro atoms. The fraction of sp³-hybridized carbons (Fsp3) is 0.800. The van der Waals surface area contributed by atoms with Crippen molar-refractivity contribution >= 4 is 49.4 Å². The Morgan fingerprint density at radius 2 is 2.17 bits per heavy atom. The first-order valence-electron chi connectivity index (χ1n) is 5.82. The van der Waals surface area contributed by atoms with E-state index in [1.807, 2.05) is 11.8 Å². The van der Waals surface area contributed by atoms with Gasteiger partial charge in [0.2, 0.25) is 0 Å². The van der Waals surface area contributed by atoms with Crippen molar-refractivity contribution in [2.75, 3.05) is 5.75 Å². The molecule has 3 atom stereocenters. The summed E-state index contributed by atoms with van der Waals surface area (Å²) in [7, 11) is 0. The van der Waals surface area contributed by atoms with Gasteiger partial charge in [-0.25, -0.2) is 4.79 Å². The van der Waals surface area contributed by atoms with Gasteiger partial charge in [0.15, 0.2) is 0 Å². The van der Waals surface area contributed by atoms with Crippen LogP contribution in [0, 0.1) is 3.15 Å². The molecule has 0 aromatic heterocycles. The van der Waals surface area contributed by atoms with Crippen molar-refractivity contribution in [1.82, 2.24) is 10.6 Å². The van der Waals surface area contributed by atoms with Crippen LogP contribution in [-0.2, 0) is 4.79 Å². The summed E-state index contributed by atoms with van der Waals surface area (Å²) >= 11 is 2.43. The number of hydrogen-bond acceptors (Lipinski definition) is 4. The van der Waals surface area contributed by atoms with Crippen LogP contribution < -0.4 is 10.6 Å². The van der Waals surface area contributed by atoms with E-state index in [1.54, 1.807) is 0 Å². The van der Waals surface area contributed by atoms with Crippen LogP contribution >= 0.6 is 11.8 Å². The van der Waals surface area contributed by atoms with Gasteiger partial charge >= 0.3 is 40.8 Å². The molecule has 2 aliphatic heterocycles. The molecule has 18 heavy (non-hydrogen) atoms. The summed E-state index contributed by atoms with van der Waals surface area (Å²) in [5.41, 5.74) is 0. The second-order valence-electron chi connectivity index (χ2n) is 4.26. The molecule has 100 valence electrons. The minimum atomic E-state index is -0.729. The van der Waals surface area contributed by atoms with Crippen molar-refractivity contribution in [3.05, 3.63) is 0 Å². The van der Waals surface area contributed by atoms with E-state index in [4.69, 9.17) is 8.26 Å². The van der Waals surface area contributed by atoms with E-state index in [-0.39, 0.29) is 24.5 Å². The van der Waals surface area contributed by atoms with Crippen molar-refractivity contribution in [2.24, 2.45) is 0 Å². The van der Waals surface area contributed by atoms with E-state index < -0.39 is 5.97 Å². The molecule has 2 fully saturated rings. The van der Waals surface area contributed by atoms with E-state index in [0.717, 1.165) is 25.0 Å². The fourth-order valence-electron chi connectivity index (χ4n) is 2.26. The van der Waals surface area contributed by atoms with E-state index in [9.17, 15) is 9.59 Å².